The number of nitrogens with one attached hydrogen (secondary N) is 2. The molecule has 3 aromatic heterocycles. The van der Waals surface area contributed by atoms with Gasteiger partial charge in [-0.3, -0.25) is 10.1 Å². The van der Waals surface area contributed by atoms with E-state index in [1.807, 2.05) is 26.4 Å². The molecule has 1 saturated carbocycles. The molecule has 1 aliphatic heterocycles. The molecule has 7 heteroatoms. The highest BCUT2D eigenvalue weighted by Crippen LogP contribution is 2.43. The Morgan fingerprint density at radius 3 is 2.76 bits per heavy atom. The summed E-state index contributed by atoms with van der Waals surface area (Å²) in [5.74, 6) is 1.07. The smallest absolute Gasteiger partial charge is 0.221 e. The van der Waals surface area contributed by atoms with Crippen molar-refractivity contribution in [1.82, 2.24) is 25.5 Å². The van der Waals surface area contributed by atoms with E-state index in [9.17, 15) is 0 Å². The van der Waals surface area contributed by atoms with Crippen LogP contribution in [-0.2, 0) is 4.74 Å². The molecule has 0 atom stereocenters. The van der Waals surface area contributed by atoms with Gasteiger partial charge in [0.2, 0.25) is 5.88 Å². The van der Waals surface area contributed by atoms with Crippen molar-refractivity contribution in [3.05, 3.63) is 48.0 Å². The molecule has 0 unspecified atom stereocenters. The summed E-state index contributed by atoms with van der Waals surface area (Å²) in [5.41, 5.74) is 5.43. The first-order valence-electron chi connectivity index (χ1n) is 11.8. The lowest BCUT2D eigenvalue weighted by molar-refractivity contribution is 0.0801. The molecule has 2 fully saturated rings. The molecular weight excluding hydrogens is 414 g/mol. The molecule has 6 rings (SSSR count). The van der Waals surface area contributed by atoms with Gasteiger partial charge in [-0.1, -0.05) is 0 Å². The minimum Gasteiger partial charge on any atom is -0.474 e. The van der Waals surface area contributed by atoms with Gasteiger partial charge in [0, 0.05) is 53.4 Å². The number of aromatic nitrogens is 4. The number of aryl methyl sites for hydroxylation is 1. The Morgan fingerprint density at radius 2 is 1.97 bits per heavy atom. The van der Waals surface area contributed by atoms with Crippen molar-refractivity contribution in [2.45, 2.75) is 50.7 Å². The third-order valence-electron chi connectivity index (χ3n) is 7.13. The third kappa shape index (κ3) is 3.75. The second-order valence-corrected chi connectivity index (χ2v) is 9.30. The van der Waals surface area contributed by atoms with Gasteiger partial charge in [-0.2, -0.15) is 5.10 Å². The van der Waals surface area contributed by atoms with Crippen LogP contribution in [0.3, 0.4) is 0 Å². The molecule has 4 heterocycles. The third-order valence-corrected chi connectivity index (χ3v) is 7.13. The average molecular weight is 444 g/mol. The molecule has 170 valence electrons. The van der Waals surface area contributed by atoms with Gasteiger partial charge in [0.25, 0.3) is 0 Å². The molecule has 0 bridgehead atoms. The highest BCUT2D eigenvalue weighted by Gasteiger charge is 2.32. The highest BCUT2D eigenvalue weighted by atomic mass is 16.5. The zero-order chi connectivity index (χ0) is 22.4. The lowest BCUT2D eigenvalue weighted by Crippen LogP contribution is -2.45. The van der Waals surface area contributed by atoms with Crippen molar-refractivity contribution >= 4 is 21.7 Å². The first kappa shape index (κ1) is 20.6. The lowest BCUT2D eigenvalue weighted by atomic mass is 9.87. The Morgan fingerprint density at radius 1 is 1.12 bits per heavy atom. The Balaban J connectivity index is 1.59. The van der Waals surface area contributed by atoms with Gasteiger partial charge < -0.3 is 14.8 Å². The molecule has 0 radical (unpaired) electrons. The summed E-state index contributed by atoms with van der Waals surface area (Å²) in [6, 6.07) is 9.14. The Hall–Kier alpha value is -3.03. The number of hydrogen-bond donors (Lipinski definition) is 2. The largest absolute Gasteiger partial charge is 0.474 e. The van der Waals surface area contributed by atoms with E-state index < -0.39 is 0 Å². The molecule has 33 heavy (non-hydrogen) atoms. The zero-order valence-corrected chi connectivity index (χ0v) is 19.1. The van der Waals surface area contributed by atoms with Crippen LogP contribution in [0.2, 0.25) is 0 Å². The fourth-order valence-electron chi connectivity index (χ4n) is 5.15. The van der Waals surface area contributed by atoms with Crippen molar-refractivity contribution in [2.75, 3.05) is 20.3 Å². The van der Waals surface area contributed by atoms with E-state index in [1.165, 1.54) is 5.56 Å². The van der Waals surface area contributed by atoms with Crippen LogP contribution >= 0.6 is 0 Å². The molecule has 2 N–H and O–H groups in total. The number of fused-ring (bicyclic) bond motifs is 2. The summed E-state index contributed by atoms with van der Waals surface area (Å²) in [7, 11) is 2.01. The monoisotopic (exact) mass is 443 g/mol. The number of H-pyrrole nitrogens is 1. The Bertz CT molecular complexity index is 1310. The van der Waals surface area contributed by atoms with Crippen LogP contribution in [-0.4, -0.2) is 52.6 Å². The maximum atomic E-state index is 6.54. The van der Waals surface area contributed by atoms with Gasteiger partial charge in [0.1, 0.15) is 6.10 Å². The van der Waals surface area contributed by atoms with Crippen LogP contribution in [0.1, 0.15) is 43.0 Å². The number of ether oxygens (including phenoxy) is 2. The van der Waals surface area contributed by atoms with Crippen LogP contribution in [0.4, 0.5) is 0 Å². The number of rotatable bonds is 5. The molecule has 1 aliphatic carbocycles. The van der Waals surface area contributed by atoms with Gasteiger partial charge in [-0.05, 0) is 74.9 Å². The average Bonchev–Trinajstić information content (AvgIpc) is 3.27. The van der Waals surface area contributed by atoms with Gasteiger partial charge >= 0.3 is 0 Å². The predicted octanol–water partition coefficient (Wildman–Crippen LogP) is 4.50. The molecule has 0 spiro atoms. The van der Waals surface area contributed by atoms with E-state index in [0.717, 1.165) is 83.4 Å². The predicted molar refractivity (Wildman–Crippen MR) is 129 cm³/mol. The second kappa shape index (κ2) is 8.39. The summed E-state index contributed by atoms with van der Waals surface area (Å²) < 4.78 is 12.2. The van der Waals surface area contributed by atoms with Crippen LogP contribution in [0, 0.1) is 6.92 Å². The molecule has 2 aliphatic rings. The molecule has 4 aromatic rings. The van der Waals surface area contributed by atoms with Crippen molar-refractivity contribution in [2.24, 2.45) is 0 Å². The Labute approximate surface area is 192 Å². The molecule has 1 saturated heterocycles. The van der Waals surface area contributed by atoms with E-state index in [1.54, 1.807) is 0 Å². The van der Waals surface area contributed by atoms with E-state index in [4.69, 9.17) is 14.5 Å². The number of aromatic amines is 1. The van der Waals surface area contributed by atoms with Gasteiger partial charge in [-0.15, -0.1) is 0 Å². The summed E-state index contributed by atoms with van der Waals surface area (Å²) in [6.07, 6.45) is 7.90. The standard InChI is InChI=1S/C26H29N5O2/c1-15-9-17(3-6-28-15)24-21-10-18-14-29-31-23(18)13-22(21)26(33-20-11-19(12-20)27-2)30-25(24)16-4-7-32-8-5-16/h3,6,9-10,13-14,16,19-20,27H,4-5,7-8,11-12H2,1-2H3,(H,29,31). The van der Waals surface area contributed by atoms with Crippen LogP contribution < -0.4 is 10.1 Å². The number of benzene rings is 1. The van der Waals surface area contributed by atoms with Gasteiger partial charge in [0.05, 0.1) is 17.4 Å². The van der Waals surface area contributed by atoms with Crippen molar-refractivity contribution in [1.29, 1.82) is 0 Å². The summed E-state index contributed by atoms with van der Waals surface area (Å²) >= 11 is 0. The maximum Gasteiger partial charge on any atom is 0.221 e. The Kier molecular flexibility index (Phi) is 5.23. The number of nitrogens with zero attached hydrogens (tertiary/aromatic N) is 3. The topological polar surface area (TPSA) is 84.9 Å². The van der Waals surface area contributed by atoms with Crippen molar-refractivity contribution in [3.63, 3.8) is 0 Å². The summed E-state index contributed by atoms with van der Waals surface area (Å²) in [6.45, 7) is 3.57. The fraction of sp³-hybridized carbons (Fsp3) is 0.423. The molecule has 0 amide bonds. The first-order valence-corrected chi connectivity index (χ1v) is 11.8. The molecule has 1 aromatic carbocycles. The maximum absolute atomic E-state index is 6.54. The normalized spacial score (nSPS) is 21.4. The SMILES string of the molecule is CNC1CC(Oc2nc(C3CCOCC3)c(-c3ccnc(C)c3)c3cc4cn[nH]c4cc23)C1. The quantitative estimate of drug-likeness (QED) is 0.472. The minimum absolute atomic E-state index is 0.187. The number of hydrogen-bond acceptors (Lipinski definition) is 6. The van der Waals surface area contributed by atoms with Gasteiger partial charge in [0.15, 0.2) is 0 Å². The molecule has 7 nitrogen and oxygen atoms in total. The molecular formula is C26H29N5O2. The summed E-state index contributed by atoms with van der Waals surface area (Å²) in [5, 5.41) is 14.0. The highest BCUT2D eigenvalue weighted by molar-refractivity contribution is 6.06. The fourth-order valence-corrected chi connectivity index (χ4v) is 5.15. The van der Waals surface area contributed by atoms with Crippen LogP contribution in [0.5, 0.6) is 5.88 Å². The van der Waals surface area contributed by atoms with Crippen LogP contribution in [0.15, 0.2) is 36.7 Å². The van der Waals surface area contributed by atoms with Gasteiger partial charge in [-0.25, -0.2) is 4.98 Å². The summed E-state index contributed by atoms with van der Waals surface area (Å²) in [4.78, 5) is 9.68. The minimum atomic E-state index is 0.187. The van der Waals surface area contributed by atoms with E-state index in [-0.39, 0.29) is 6.10 Å². The lowest BCUT2D eigenvalue weighted by Gasteiger charge is -2.35. The van der Waals surface area contributed by atoms with Crippen LogP contribution in [0.25, 0.3) is 32.8 Å². The number of pyridine rings is 2. The second-order valence-electron chi connectivity index (χ2n) is 9.30. The van der Waals surface area contributed by atoms with E-state index in [2.05, 4.69) is 44.8 Å². The first-order chi connectivity index (χ1) is 16.2. The van der Waals surface area contributed by atoms with E-state index in [0.29, 0.717) is 12.0 Å². The zero-order valence-electron chi connectivity index (χ0n) is 19.1. The van der Waals surface area contributed by atoms with E-state index >= 15 is 0 Å². The van der Waals surface area contributed by atoms with Crippen molar-refractivity contribution < 1.29 is 9.47 Å². The van der Waals surface area contributed by atoms with Crippen molar-refractivity contribution in [3.8, 4) is 17.0 Å².